The SMILES string of the molecule is C\C=C(/C=c1/c(O)c(C(=O)NC(C)c2ccc(F)cc2)c(=O)n(CCN2CCOCC2)/c1=C\CC)c1ccc(F)cc1. The van der Waals surface area contributed by atoms with Crippen molar-refractivity contribution in [2.24, 2.45) is 0 Å². The zero-order valence-electron chi connectivity index (χ0n) is 24.2. The van der Waals surface area contributed by atoms with Crippen LogP contribution in [0.1, 0.15) is 54.7 Å². The fraction of sp³-hybridized carbons (Fsp3) is 0.333. The molecule has 1 fully saturated rings. The minimum Gasteiger partial charge on any atom is -0.506 e. The molecule has 1 aromatic heterocycles. The van der Waals surface area contributed by atoms with Crippen molar-refractivity contribution in [2.45, 2.75) is 39.8 Å². The third-order valence-corrected chi connectivity index (χ3v) is 7.39. The van der Waals surface area contributed by atoms with E-state index in [0.717, 1.165) is 13.1 Å². The van der Waals surface area contributed by atoms with Crippen LogP contribution in [0.5, 0.6) is 5.75 Å². The van der Waals surface area contributed by atoms with Gasteiger partial charge < -0.3 is 19.7 Å². The van der Waals surface area contributed by atoms with Crippen molar-refractivity contribution in [1.82, 2.24) is 14.8 Å². The molecule has 1 unspecified atom stereocenters. The Bertz CT molecular complexity index is 1610. The summed E-state index contributed by atoms with van der Waals surface area (Å²) in [6.45, 7) is 8.99. The number of aromatic nitrogens is 1. The van der Waals surface area contributed by atoms with E-state index in [1.54, 1.807) is 41.8 Å². The Kier molecular flexibility index (Phi) is 10.4. The number of rotatable bonds is 9. The van der Waals surface area contributed by atoms with Gasteiger partial charge in [0, 0.05) is 31.4 Å². The van der Waals surface area contributed by atoms with Gasteiger partial charge in [-0.05, 0) is 67.3 Å². The Morgan fingerprint density at radius 3 is 2.26 bits per heavy atom. The molecule has 3 aromatic rings. The molecule has 42 heavy (non-hydrogen) atoms. The van der Waals surface area contributed by atoms with Crippen molar-refractivity contribution in [1.29, 1.82) is 0 Å². The number of amides is 1. The fourth-order valence-electron chi connectivity index (χ4n) is 5.03. The minimum atomic E-state index is -0.740. The predicted octanol–water partition coefficient (Wildman–Crippen LogP) is 3.73. The highest BCUT2D eigenvalue weighted by atomic mass is 19.1. The molecule has 0 spiro atoms. The van der Waals surface area contributed by atoms with Crippen molar-refractivity contribution in [2.75, 3.05) is 32.8 Å². The second-order valence-electron chi connectivity index (χ2n) is 10.2. The molecule has 1 amide bonds. The lowest BCUT2D eigenvalue weighted by atomic mass is 10.0. The van der Waals surface area contributed by atoms with Gasteiger partial charge in [0.05, 0.1) is 24.6 Å². The Morgan fingerprint density at radius 1 is 1.05 bits per heavy atom. The number of carbonyl (C=O) groups excluding carboxylic acids is 1. The molecule has 2 heterocycles. The molecule has 2 aromatic carbocycles. The van der Waals surface area contributed by atoms with E-state index >= 15 is 0 Å². The van der Waals surface area contributed by atoms with Crippen molar-refractivity contribution in [3.63, 3.8) is 0 Å². The number of nitrogens with one attached hydrogen (secondary N) is 1. The van der Waals surface area contributed by atoms with Gasteiger partial charge >= 0.3 is 0 Å². The molecule has 0 bridgehead atoms. The van der Waals surface area contributed by atoms with Crippen LogP contribution in [-0.4, -0.2) is 53.3 Å². The predicted molar refractivity (Wildman–Crippen MR) is 160 cm³/mol. The molecule has 1 aliphatic rings. The number of ether oxygens (including phenoxy) is 1. The summed E-state index contributed by atoms with van der Waals surface area (Å²) in [7, 11) is 0. The summed E-state index contributed by atoms with van der Waals surface area (Å²) in [5.74, 6) is -1.95. The van der Waals surface area contributed by atoms with Crippen molar-refractivity contribution in [3.8, 4) is 5.75 Å². The smallest absolute Gasteiger partial charge is 0.267 e. The second-order valence-corrected chi connectivity index (χ2v) is 10.2. The van der Waals surface area contributed by atoms with E-state index in [4.69, 9.17) is 4.74 Å². The second kappa shape index (κ2) is 14.2. The molecule has 0 radical (unpaired) electrons. The molecule has 1 saturated heterocycles. The number of benzene rings is 2. The van der Waals surface area contributed by atoms with Crippen LogP contribution in [0.25, 0.3) is 17.7 Å². The molecule has 1 atom stereocenters. The summed E-state index contributed by atoms with van der Waals surface area (Å²) in [5, 5.41) is 15.2. The first kappa shape index (κ1) is 30.9. The zero-order valence-corrected chi connectivity index (χ0v) is 24.2. The van der Waals surface area contributed by atoms with Gasteiger partial charge in [0.1, 0.15) is 22.9 Å². The van der Waals surface area contributed by atoms with E-state index in [-0.39, 0.29) is 11.4 Å². The highest BCUT2D eigenvalue weighted by molar-refractivity contribution is 5.97. The molecule has 1 aliphatic heterocycles. The molecular formula is C33H37F2N3O4. The number of carbonyl (C=O) groups is 1. The molecule has 2 N–H and O–H groups in total. The van der Waals surface area contributed by atoms with E-state index in [2.05, 4.69) is 10.2 Å². The Labute approximate surface area is 244 Å². The number of morpholine rings is 1. The maximum atomic E-state index is 13.9. The van der Waals surface area contributed by atoms with Crippen LogP contribution in [0, 0.1) is 11.6 Å². The lowest BCUT2D eigenvalue weighted by Gasteiger charge is -2.27. The van der Waals surface area contributed by atoms with E-state index in [9.17, 15) is 23.5 Å². The highest BCUT2D eigenvalue weighted by Gasteiger charge is 2.23. The fourth-order valence-corrected chi connectivity index (χ4v) is 5.03. The lowest BCUT2D eigenvalue weighted by molar-refractivity contribution is 0.0361. The first-order valence-electron chi connectivity index (χ1n) is 14.2. The van der Waals surface area contributed by atoms with Crippen LogP contribution >= 0.6 is 0 Å². The third kappa shape index (κ3) is 7.21. The average molecular weight is 578 g/mol. The van der Waals surface area contributed by atoms with Crippen LogP contribution in [-0.2, 0) is 11.3 Å². The Balaban J connectivity index is 1.87. The molecule has 4 rings (SSSR count). The lowest BCUT2D eigenvalue weighted by Crippen LogP contribution is -2.49. The number of allylic oxidation sites excluding steroid dienone is 2. The number of pyridine rings is 1. The number of hydrogen-bond donors (Lipinski definition) is 2. The molecule has 0 aliphatic carbocycles. The normalized spacial score (nSPS) is 16.1. The monoisotopic (exact) mass is 577 g/mol. The number of halogens is 2. The number of hydrogen-bond acceptors (Lipinski definition) is 5. The van der Waals surface area contributed by atoms with Crippen LogP contribution in [0.4, 0.5) is 8.78 Å². The third-order valence-electron chi connectivity index (χ3n) is 7.39. The Hall–Kier alpha value is -4.08. The van der Waals surface area contributed by atoms with Crippen molar-refractivity contribution >= 4 is 23.6 Å². The summed E-state index contributed by atoms with van der Waals surface area (Å²) in [4.78, 5) is 29.7. The van der Waals surface area contributed by atoms with Gasteiger partial charge in [-0.2, -0.15) is 0 Å². The highest BCUT2D eigenvalue weighted by Crippen LogP contribution is 2.18. The molecule has 7 nitrogen and oxygen atoms in total. The first-order valence-corrected chi connectivity index (χ1v) is 14.2. The largest absolute Gasteiger partial charge is 0.506 e. The van der Waals surface area contributed by atoms with Crippen LogP contribution in [0.2, 0.25) is 0 Å². The minimum absolute atomic E-state index is 0.293. The summed E-state index contributed by atoms with van der Waals surface area (Å²) in [5.41, 5.74) is 1.06. The van der Waals surface area contributed by atoms with Crippen LogP contribution < -0.4 is 21.4 Å². The maximum absolute atomic E-state index is 13.9. The van der Waals surface area contributed by atoms with Gasteiger partial charge in [-0.3, -0.25) is 14.5 Å². The summed E-state index contributed by atoms with van der Waals surface area (Å²) < 4.78 is 34.1. The maximum Gasteiger partial charge on any atom is 0.267 e. The van der Waals surface area contributed by atoms with Gasteiger partial charge in [-0.15, -0.1) is 0 Å². The zero-order chi connectivity index (χ0) is 30.2. The van der Waals surface area contributed by atoms with Crippen LogP contribution in [0.3, 0.4) is 0 Å². The van der Waals surface area contributed by atoms with E-state index in [1.807, 2.05) is 26.0 Å². The quantitative estimate of drug-likeness (QED) is 0.405. The van der Waals surface area contributed by atoms with E-state index in [1.165, 1.54) is 24.3 Å². The number of nitrogens with zero attached hydrogens (tertiary/aromatic N) is 2. The van der Waals surface area contributed by atoms with Gasteiger partial charge in [0.15, 0.2) is 0 Å². The van der Waals surface area contributed by atoms with Crippen LogP contribution in [0.15, 0.2) is 59.4 Å². The summed E-state index contributed by atoms with van der Waals surface area (Å²) >= 11 is 0. The molecule has 9 heteroatoms. The molecular weight excluding hydrogens is 540 g/mol. The Morgan fingerprint density at radius 2 is 1.67 bits per heavy atom. The van der Waals surface area contributed by atoms with E-state index in [0.29, 0.717) is 60.0 Å². The summed E-state index contributed by atoms with van der Waals surface area (Å²) in [6.07, 6.45) is 5.97. The number of aromatic hydroxyl groups is 1. The van der Waals surface area contributed by atoms with E-state index < -0.39 is 29.1 Å². The standard InChI is InChI=1S/C33H37F2N3O4/c1-4-6-29-28(21-23(5-2)25-9-13-27(35)14-10-25)31(39)30(32(40)36-22(3)24-7-11-26(34)12-8-24)33(41)38(29)16-15-37-17-19-42-20-18-37/h5-14,21-22,39H,4,15-20H2,1-3H3,(H,36,40)/b23-5+,28-21+,29-6-. The van der Waals surface area contributed by atoms with Crippen molar-refractivity contribution < 1.29 is 23.4 Å². The molecule has 0 saturated carbocycles. The molecule has 222 valence electrons. The average Bonchev–Trinajstić information content (AvgIpc) is 2.98. The summed E-state index contributed by atoms with van der Waals surface area (Å²) in [6, 6.07) is 11.1. The first-order chi connectivity index (χ1) is 20.2. The van der Waals surface area contributed by atoms with Gasteiger partial charge in [0.2, 0.25) is 0 Å². The van der Waals surface area contributed by atoms with Crippen molar-refractivity contribution in [3.05, 3.63) is 104 Å². The topological polar surface area (TPSA) is 83.8 Å². The van der Waals surface area contributed by atoms with Gasteiger partial charge in [-0.1, -0.05) is 43.3 Å². The van der Waals surface area contributed by atoms with Gasteiger partial charge in [-0.25, -0.2) is 8.78 Å². The van der Waals surface area contributed by atoms with Gasteiger partial charge in [0.25, 0.3) is 11.5 Å².